The van der Waals surface area contributed by atoms with Crippen molar-refractivity contribution in [3.05, 3.63) is 56.0 Å². The number of hydrogen-bond donors (Lipinski definition) is 3. The number of carbonyl (C=O) groups is 2. The maximum Gasteiger partial charge on any atom is 0.410 e. The number of rotatable bonds is 5. The number of amides is 2. The Morgan fingerprint density at radius 2 is 1.90 bits per heavy atom. The molecule has 3 aromatic rings. The van der Waals surface area contributed by atoms with E-state index in [0.717, 1.165) is 28.0 Å². The lowest BCUT2D eigenvalue weighted by molar-refractivity contribution is -0.173. The second kappa shape index (κ2) is 10.6. The van der Waals surface area contributed by atoms with Gasteiger partial charge in [0.05, 0.1) is 23.2 Å². The molecule has 2 aromatic heterocycles. The first-order valence-corrected chi connectivity index (χ1v) is 14.8. The summed E-state index contributed by atoms with van der Waals surface area (Å²) < 4.78 is 48.8. The zero-order valence-electron chi connectivity index (χ0n) is 23.0. The number of carbonyl (C=O) groups excluding carboxylic acids is 2. The smallest absolute Gasteiger partial charge is 0.410 e. The third-order valence-corrected chi connectivity index (χ3v) is 9.91. The fourth-order valence-corrected chi connectivity index (χ4v) is 7.51. The predicted molar refractivity (Wildman–Crippen MR) is 155 cm³/mol. The van der Waals surface area contributed by atoms with Crippen LogP contribution in [0.15, 0.2) is 28.7 Å². The van der Waals surface area contributed by atoms with Gasteiger partial charge in [0.15, 0.2) is 11.7 Å². The Balaban J connectivity index is 1.47. The highest BCUT2D eigenvalue weighted by atomic mass is 79.9. The normalized spacial score (nSPS) is 20.5. The van der Waals surface area contributed by atoms with E-state index >= 15 is 0 Å². The van der Waals surface area contributed by atoms with Crippen molar-refractivity contribution in [2.75, 3.05) is 17.7 Å². The molecule has 220 valence electrons. The summed E-state index contributed by atoms with van der Waals surface area (Å²) >= 11 is 4.61. The Labute approximate surface area is 247 Å². The Morgan fingerprint density at radius 3 is 2.49 bits per heavy atom. The van der Waals surface area contributed by atoms with E-state index < -0.39 is 30.1 Å². The molecule has 0 spiro atoms. The Bertz CT molecular complexity index is 1490. The monoisotopic (exact) mass is 653 g/mol. The first-order chi connectivity index (χ1) is 19.2. The zero-order chi connectivity index (χ0) is 29.9. The van der Waals surface area contributed by atoms with E-state index in [2.05, 4.69) is 52.4 Å². The second-order valence-corrected chi connectivity index (χ2v) is 13.4. The molecular formula is C28H31BrF3N5O3S. The van der Waals surface area contributed by atoms with Gasteiger partial charge in [-0.3, -0.25) is 9.59 Å². The molecule has 0 fully saturated rings. The highest BCUT2D eigenvalue weighted by Gasteiger charge is 2.48. The first-order valence-electron chi connectivity index (χ1n) is 13.2. The van der Waals surface area contributed by atoms with E-state index in [1.54, 1.807) is 24.3 Å². The number of primary amides is 1. The van der Waals surface area contributed by atoms with Gasteiger partial charge in [-0.15, -0.1) is 11.3 Å². The van der Waals surface area contributed by atoms with Crippen molar-refractivity contribution in [2.45, 2.75) is 64.7 Å². The number of fused-ring (bicyclic) bond motifs is 2. The van der Waals surface area contributed by atoms with Crippen LogP contribution in [0.2, 0.25) is 0 Å². The van der Waals surface area contributed by atoms with E-state index in [9.17, 15) is 22.8 Å². The summed E-state index contributed by atoms with van der Waals surface area (Å²) in [6.45, 7) is 6.52. The molecule has 0 saturated carbocycles. The van der Waals surface area contributed by atoms with Crippen molar-refractivity contribution in [2.24, 2.45) is 17.1 Å². The molecule has 0 radical (unpaired) electrons. The maximum absolute atomic E-state index is 14.2. The number of hydrogen-bond acceptors (Lipinski definition) is 6. The van der Waals surface area contributed by atoms with Gasteiger partial charge in [-0.2, -0.15) is 18.3 Å². The Morgan fingerprint density at radius 1 is 1.22 bits per heavy atom. The van der Waals surface area contributed by atoms with Crippen molar-refractivity contribution in [3.63, 3.8) is 0 Å². The van der Waals surface area contributed by atoms with E-state index in [1.165, 1.54) is 18.4 Å². The lowest BCUT2D eigenvalue weighted by Gasteiger charge is -2.33. The molecule has 3 atom stereocenters. The molecule has 41 heavy (non-hydrogen) atoms. The van der Waals surface area contributed by atoms with E-state index in [4.69, 9.17) is 10.5 Å². The summed E-state index contributed by atoms with van der Waals surface area (Å²) in [6.07, 6.45) is -2.63. The number of methoxy groups -OCH3 is 1. The van der Waals surface area contributed by atoms with Crippen LogP contribution < -0.4 is 21.1 Å². The van der Waals surface area contributed by atoms with Crippen molar-refractivity contribution < 1.29 is 27.5 Å². The Kier molecular flexibility index (Phi) is 7.64. The van der Waals surface area contributed by atoms with E-state index in [-0.39, 0.29) is 38.4 Å². The molecule has 3 heterocycles. The number of nitrogens with two attached hydrogens (primary N) is 1. The Hall–Kier alpha value is -3.06. The third kappa shape index (κ3) is 5.57. The summed E-state index contributed by atoms with van der Waals surface area (Å²) in [7, 11) is 1.51. The van der Waals surface area contributed by atoms with Crippen molar-refractivity contribution >= 4 is 49.9 Å². The number of anilines is 2. The van der Waals surface area contributed by atoms with Crippen LogP contribution in [0.5, 0.6) is 5.75 Å². The van der Waals surface area contributed by atoms with Crippen LogP contribution in [0.3, 0.4) is 0 Å². The summed E-state index contributed by atoms with van der Waals surface area (Å²) in [5, 5.41) is 10.2. The number of benzene rings is 1. The van der Waals surface area contributed by atoms with Crippen molar-refractivity contribution in [1.82, 2.24) is 9.78 Å². The van der Waals surface area contributed by atoms with Crippen LogP contribution in [0.25, 0.3) is 0 Å². The van der Waals surface area contributed by atoms with Gasteiger partial charge in [-0.25, -0.2) is 4.68 Å². The highest BCUT2D eigenvalue weighted by Crippen LogP contribution is 2.47. The molecule has 13 heteroatoms. The van der Waals surface area contributed by atoms with Crippen LogP contribution in [0.1, 0.15) is 82.5 Å². The zero-order valence-corrected chi connectivity index (χ0v) is 25.4. The minimum atomic E-state index is -4.61. The molecule has 2 amide bonds. The lowest BCUT2D eigenvalue weighted by atomic mass is 9.72. The maximum atomic E-state index is 14.2. The molecule has 1 aromatic carbocycles. The standard InChI is InChI=1S/C28H31BrF3N5O3S/c1-27(2,3)14-7-10-16-18(11-14)41-26(20(16)23(33)38)35-25(39)22-21(29)24-34-17(13-5-8-15(40-4)9-6-13)12-19(28(30,31)32)37(24)36-22/h5-6,8-9,14,17,19,34H,7,10-12H2,1-4H3,(H2,33,38)(H,35,39)/t14-,17-,19+/m0/s1. The molecule has 4 N–H and O–H groups in total. The summed E-state index contributed by atoms with van der Waals surface area (Å²) in [6, 6.07) is 4.11. The van der Waals surface area contributed by atoms with Gasteiger partial charge in [0, 0.05) is 11.3 Å². The summed E-state index contributed by atoms with van der Waals surface area (Å²) in [5.41, 5.74) is 7.30. The molecule has 2 aliphatic rings. The van der Waals surface area contributed by atoms with Gasteiger partial charge in [0.25, 0.3) is 11.8 Å². The molecule has 0 bridgehead atoms. The topological polar surface area (TPSA) is 111 Å². The number of alkyl halides is 3. The van der Waals surface area contributed by atoms with Crippen molar-refractivity contribution in [3.8, 4) is 5.75 Å². The molecule has 8 nitrogen and oxygen atoms in total. The molecule has 5 rings (SSSR count). The number of ether oxygens (including phenoxy) is 1. The largest absolute Gasteiger partial charge is 0.497 e. The minimum Gasteiger partial charge on any atom is -0.497 e. The van der Waals surface area contributed by atoms with Crippen molar-refractivity contribution in [1.29, 1.82) is 0 Å². The molecule has 1 aliphatic carbocycles. The van der Waals surface area contributed by atoms with Crippen LogP contribution in [-0.2, 0) is 12.8 Å². The van der Waals surface area contributed by atoms with E-state index in [0.29, 0.717) is 23.7 Å². The average Bonchev–Trinajstić information content (AvgIpc) is 3.43. The average molecular weight is 655 g/mol. The number of nitrogens with one attached hydrogen (secondary N) is 2. The van der Waals surface area contributed by atoms with E-state index in [1.807, 2.05) is 0 Å². The molecule has 0 unspecified atom stereocenters. The number of nitrogens with zero attached hydrogens (tertiary/aromatic N) is 2. The molecular weight excluding hydrogens is 623 g/mol. The number of thiophene rings is 1. The highest BCUT2D eigenvalue weighted by molar-refractivity contribution is 9.10. The van der Waals surface area contributed by atoms with Crippen LogP contribution >= 0.6 is 27.3 Å². The van der Waals surface area contributed by atoms with Gasteiger partial charge >= 0.3 is 6.18 Å². The van der Waals surface area contributed by atoms with Crippen LogP contribution in [-0.4, -0.2) is 34.9 Å². The SMILES string of the molecule is COc1ccc([C@@H]2C[C@H](C(F)(F)F)n3nc(C(=O)Nc4sc5c(c4C(N)=O)CC[C@H](C(C)(C)C)C5)c(Br)c3N2)cc1. The minimum absolute atomic E-state index is 0.0400. The summed E-state index contributed by atoms with van der Waals surface area (Å²) in [5.74, 6) is -0.372. The fourth-order valence-electron chi connectivity index (χ4n) is 5.63. The van der Waals surface area contributed by atoms with Gasteiger partial charge in [0.1, 0.15) is 16.6 Å². The summed E-state index contributed by atoms with van der Waals surface area (Å²) in [4.78, 5) is 26.9. The number of aromatic nitrogens is 2. The lowest BCUT2D eigenvalue weighted by Crippen LogP contribution is -2.35. The van der Waals surface area contributed by atoms with Gasteiger partial charge in [-0.05, 0) is 69.8 Å². The van der Waals surface area contributed by atoms with Gasteiger partial charge in [0.2, 0.25) is 0 Å². The van der Waals surface area contributed by atoms with Crippen LogP contribution in [0.4, 0.5) is 24.0 Å². The molecule has 1 aliphatic heterocycles. The predicted octanol–water partition coefficient (Wildman–Crippen LogP) is 6.88. The van der Waals surface area contributed by atoms with Gasteiger partial charge < -0.3 is 21.1 Å². The van der Waals surface area contributed by atoms with Gasteiger partial charge in [-0.1, -0.05) is 32.9 Å². The quantitative estimate of drug-likeness (QED) is 0.278. The fraction of sp³-hybridized carbons (Fsp3) is 0.464. The second-order valence-electron chi connectivity index (χ2n) is 11.6. The third-order valence-electron chi connectivity index (χ3n) is 7.99. The first kappa shape index (κ1) is 29.4. The molecule has 0 saturated heterocycles. The number of halogens is 4. The van der Waals surface area contributed by atoms with Crippen LogP contribution in [0, 0.1) is 11.3 Å².